The Labute approximate surface area is 185 Å². The minimum absolute atomic E-state index is 0.712. The molecule has 0 atom stereocenters. The monoisotopic (exact) mass is 428 g/mol. The van der Waals surface area contributed by atoms with E-state index in [-0.39, 0.29) is 0 Å². The quantitative estimate of drug-likeness (QED) is 0.625. The molecule has 4 rings (SSSR count). The Kier molecular flexibility index (Phi) is 9.76. The van der Waals surface area contributed by atoms with E-state index in [9.17, 15) is 0 Å². The molecule has 2 heterocycles. The highest BCUT2D eigenvalue weighted by atomic mass is 16.5. The van der Waals surface area contributed by atoms with Gasteiger partial charge in [-0.15, -0.1) is 0 Å². The third-order valence-corrected chi connectivity index (χ3v) is 5.42. The molecule has 31 heavy (non-hydrogen) atoms. The first-order valence-electron chi connectivity index (χ1n) is 11.2. The predicted molar refractivity (Wildman–Crippen MR) is 126 cm³/mol. The molecule has 0 aliphatic carbocycles. The lowest BCUT2D eigenvalue weighted by Crippen LogP contribution is -2.38. The molecule has 0 bridgehead atoms. The average molecular weight is 429 g/mol. The molecular formula is C24H36N4O3. The zero-order valence-corrected chi connectivity index (χ0v) is 18.4. The second-order valence-electron chi connectivity index (χ2n) is 7.84. The lowest BCUT2D eigenvalue weighted by atomic mass is 10.3. The van der Waals surface area contributed by atoms with Crippen LogP contribution in [0.3, 0.4) is 0 Å². The number of likely N-dealkylation sites (tertiary alicyclic amines) is 1. The highest BCUT2D eigenvalue weighted by molar-refractivity contribution is 5.42. The summed E-state index contributed by atoms with van der Waals surface area (Å²) in [5.74, 6) is 1.78. The number of hydrogen-bond donors (Lipinski definition) is 2. The highest BCUT2D eigenvalue weighted by Crippen LogP contribution is 2.14. The van der Waals surface area contributed by atoms with Crippen LogP contribution in [0.2, 0.25) is 0 Å². The fourth-order valence-corrected chi connectivity index (χ4v) is 3.54. The number of rotatable bonds is 8. The van der Waals surface area contributed by atoms with Gasteiger partial charge < -0.3 is 25.7 Å². The number of nitrogen functional groups attached to an aromatic ring is 2. The van der Waals surface area contributed by atoms with Crippen molar-refractivity contribution in [2.24, 2.45) is 0 Å². The molecule has 2 fully saturated rings. The van der Waals surface area contributed by atoms with Gasteiger partial charge in [0.2, 0.25) is 0 Å². The van der Waals surface area contributed by atoms with Crippen molar-refractivity contribution in [2.75, 3.05) is 77.2 Å². The Hall–Kier alpha value is -2.48. The van der Waals surface area contributed by atoms with E-state index in [2.05, 4.69) is 9.80 Å². The molecule has 7 nitrogen and oxygen atoms in total. The SMILES string of the molecule is Nc1ccc(OCCN2CCCC2)cc1.Nc1ccc(OCCN2CCOCC2)cc1. The van der Waals surface area contributed by atoms with E-state index in [1.54, 1.807) is 0 Å². The Morgan fingerprint density at radius 2 is 1.06 bits per heavy atom. The first-order chi connectivity index (χ1) is 15.2. The second kappa shape index (κ2) is 13.0. The Balaban J connectivity index is 0.000000176. The van der Waals surface area contributed by atoms with Gasteiger partial charge >= 0.3 is 0 Å². The summed E-state index contributed by atoms with van der Waals surface area (Å²) in [6, 6.07) is 15.1. The van der Waals surface area contributed by atoms with Crippen molar-refractivity contribution in [1.29, 1.82) is 0 Å². The van der Waals surface area contributed by atoms with E-state index in [1.165, 1.54) is 25.9 Å². The van der Waals surface area contributed by atoms with Crippen LogP contribution in [0.25, 0.3) is 0 Å². The summed E-state index contributed by atoms with van der Waals surface area (Å²) < 4.78 is 16.5. The predicted octanol–water partition coefficient (Wildman–Crippen LogP) is 2.72. The molecule has 0 radical (unpaired) electrons. The number of benzene rings is 2. The molecule has 2 aliphatic heterocycles. The van der Waals surface area contributed by atoms with Crippen molar-refractivity contribution in [1.82, 2.24) is 9.80 Å². The second-order valence-corrected chi connectivity index (χ2v) is 7.84. The summed E-state index contributed by atoms with van der Waals surface area (Å²) in [6.07, 6.45) is 2.67. The lowest BCUT2D eigenvalue weighted by Gasteiger charge is -2.26. The van der Waals surface area contributed by atoms with Crippen LogP contribution in [0.4, 0.5) is 11.4 Å². The lowest BCUT2D eigenvalue weighted by molar-refractivity contribution is 0.0322. The molecule has 0 spiro atoms. The molecular weight excluding hydrogens is 392 g/mol. The van der Waals surface area contributed by atoms with Crippen LogP contribution in [0.15, 0.2) is 48.5 Å². The topological polar surface area (TPSA) is 86.2 Å². The van der Waals surface area contributed by atoms with Crippen molar-refractivity contribution in [3.8, 4) is 11.5 Å². The molecule has 0 aromatic heterocycles. The summed E-state index contributed by atoms with van der Waals surface area (Å²) in [7, 11) is 0. The summed E-state index contributed by atoms with van der Waals surface area (Å²) in [6.45, 7) is 9.60. The van der Waals surface area contributed by atoms with Crippen LogP contribution >= 0.6 is 0 Å². The molecule has 4 N–H and O–H groups in total. The summed E-state index contributed by atoms with van der Waals surface area (Å²) in [5, 5.41) is 0. The Bertz CT molecular complexity index is 727. The van der Waals surface area contributed by atoms with Crippen LogP contribution in [-0.4, -0.2) is 75.5 Å². The Morgan fingerprint density at radius 1 is 0.645 bits per heavy atom. The molecule has 0 amide bonds. The van der Waals surface area contributed by atoms with E-state index in [0.717, 1.165) is 68.9 Å². The van der Waals surface area contributed by atoms with Crippen LogP contribution in [0, 0.1) is 0 Å². The first kappa shape index (κ1) is 23.2. The van der Waals surface area contributed by atoms with Gasteiger partial charge in [0.25, 0.3) is 0 Å². The minimum Gasteiger partial charge on any atom is -0.492 e. The van der Waals surface area contributed by atoms with Crippen molar-refractivity contribution in [2.45, 2.75) is 12.8 Å². The third-order valence-electron chi connectivity index (χ3n) is 5.42. The molecule has 2 aromatic carbocycles. The fraction of sp³-hybridized carbons (Fsp3) is 0.500. The van der Waals surface area contributed by atoms with Crippen LogP contribution in [-0.2, 0) is 4.74 Å². The number of anilines is 2. The zero-order valence-electron chi connectivity index (χ0n) is 18.4. The van der Waals surface area contributed by atoms with Crippen LogP contribution in [0.5, 0.6) is 11.5 Å². The maximum absolute atomic E-state index is 5.63. The summed E-state index contributed by atoms with van der Waals surface area (Å²) in [4.78, 5) is 4.79. The van der Waals surface area contributed by atoms with Crippen molar-refractivity contribution >= 4 is 11.4 Å². The molecule has 7 heteroatoms. The third kappa shape index (κ3) is 9.04. The maximum Gasteiger partial charge on any atom is 0.119 e. The molecule has 170 valence electrons. The average Bonchev–Trinajstić information content (AvgIpc) is 3.31. The summed E-state index contributed by atoms with van der Waals surface area (Å²) in [5.41, 5.74) is 12.7. The number of hydrogen-bond acceptors (Lipinski definition) is 7. The fourth-order valence-electron chi connectivity index (χ4n) is 3.54. The van der Waals surface area contributed by atoms with Gasteiger partial charge in [0.15, 0.2) is 0 Å². The highest BCUT2D eigenvalue weighted by Gasteiger charge is 2.11. The van der Waals surface area contributed by atoms with Crippen molar-refractivity contribution in [3.63, 3.8) is 0 Å². The van der Waals surface area contributed by atoms with Gasteiger partial charge in [-0.3, -0.25) is 9.80 Å². The van der Waals surface area contributed by atoms with Gasteiger partial charge in [-0.25, -0.2) is 0 Å². The molecule has 0 unspecified atom stereocenters. The van der Waals surface area contributed by atoms with Crippen molar-refractivity contribution in [3.05, 3.63) is 48.5 Å². The minimum atomic E-state index is 0.712. The van der Waals surface area contributed by atoms with Crippen LogP contribution < -0.4 is 20.9 Å². The number of nitrogens with zero attached hydrogens (tertiary/aromatic N) is 2. The number of nitrogens with two attached hydrogens (primary N) is 2. The molecule has 2 aromatic rings. The van der Waals surface area contributed by atoms with E-state index < -0.39 is 0 Å². The van der Waals surface area contributed by atoms with Gasteiger partial charge in [-0.2, -0.15) is 0 Å². The van der Waals surface area contributed by atoms with Crippen LogP contribution in [0.1, 0.15) is 12.8 Å². The molecule has 2 aliphatic rings. The molecule has 0 saturated carbocycles. The zero-order chi connectivity index (χ0) is 21.7. The molecule has 2 saturated heterocycles. The standard InChI is InChI=1S/C12H18N2O2.C12H18N2O/c13-11-1-3-12(4-2-11)16-10-7-14-5-8-15-9-6-14;13-11-3-5-12(6-4-11)15-10-9-14-7-1-2-8-14/h1-4H,5-10,13H2;3-6H,1-2,7-10,13H2. The van der Waals surface area contributed by atoms with E-state index in [0.29, 0.717) is 6.61 Å². The van der Waals surface area contributed by atoms with E-state index in [4.69, 9.17) is 25.7 Å². The number of morpholine rings is 1. The van der Waals surface area contributed by atoms with E-state index >= 15 is 0 Å². The first-order valence-corrected chi connectivity index (χ1v) is 11.2. The smallest absolute Gasteiger partial charge is 0.119 e. The largest absolute Gasteiger partial charge is 0.492 e. The maximum atomic E-state index is 5.63. The van der Waals surface area contributed by atoms with Gasteiger partial charge in [0.1, 0.15) is 24.7 Å². The summed E-state index contributed by atoms with van der Waals surface area (Å²) >= 11 is 0. The Morgan fingerprint density at radius 3 is 1.52 bits per heavy atom. The van der Waals surface area contributed by atoms with Crippen molar-refractivity contribution < 1.29 is 14.2 Å². The van der Waals surface area contributed by atoms with Gasteiger partial charge in [0, 0.05) is 37.6 Å². The number of ether oxygens (including phenoxy) is 3. The van der Waals surface area contributed by atoms with Gasteiger partial charge in [-0.1, -0.05) is 0 Å². The van der Waals surface area contributed by atoms with E-state index in [1.807, 2.05) is 48.5 Å². The van der Waals surface area contributed by atoms with Gasteiger partial charge in [-0.05, 0) is 74.5 Å². The van der Waals surface area contributed by atoms with Gasteiger partial charge in [0.05, 0.1) is 13.2 Å². The normalized spacial score (nSPS) is 17.0.